The minimum atomic E-state index is -0.0727. The number of ether oxygens (including phenoxy) is 1. The smallest absolute Gasteiger partial charge is 0.265 e. The second-order valence-electron chi connectivity index (χ2n) is 6.91. The highest BCUT2D eigenvalue weighted by molar-refractivity contribution is 7.09. The van der Waals surface area contributed by atoms with Crippen molar-refractivity contribution in [3.63, 3.8) is 0 Å². The fraction of sp³-hybridized carbons (Fsp3) is 0.333. The Morgan fingerprint density at radius 3 is 2.85 bits per heavy atom. The molecule has 1 aliphatic rings. The van der Waals surface area contributed by atoms with Gasteiger partial charge in [-0.05, 0) is 67.8 Å². The van der Waals surface area contributed by atoms with Crippen LogP contribution in [0.25, 0.3) is 0 Å². The first-order valence-corrected chi connectivity index (χ1v) is 10.1. The lowest BCUT2D eigenvalue weighted by molar-refractivity contribution is -0.120. The predicted octanol–water partition coefficient (Wildman–Crippen LogP) is 4.19. The lowest BCUT2D eigenvalue weighted by atomic mass is 10.1. The SMILES string of the molecule is Cc1n[nH]c(C)c1N(Cc1cccs1)C(=O)COc1ccc2c(c1)CCC2. The summed E-state index contributed by atoms with van der Waals surface area (Å²) in [6, 6.07) is 10.2. The number of fused-ring (bicyclic) bond motifs is 1. The van der Waals surface area contributed by atoms with Crippen LogP contribution in [-0.2, 0) is 24.2 Å². The Kier molecular flexibility index (Phi) is 4.99. The Bertz CT molecular complexity index is 927. The number of hydrogen-bond donors (Lipinski definition) is 1. The van der Waals surface area contributed by atoms with Crippen molar-refractivity contribution in [3.8, 4) is 5.75 Å². The number of benzene rings is 1. The number of anilines is 1. The van der Waals surface area contributed by atoms with E-state index >= 15 is 0 Å². The first-order valence-electron chi connectivity index (χ1n) is 9.20. The molecule has 0 unspecified atom stereocenters. The molecule has 140 valence electrons. The molecule has 0 aliphatic heterocycles. The summed E-state index contributed by atoms with van der Waals surface area (Å²) >= 11 is 1.64. The van der Waals surface area contributed by atoms with Gasteiger partial charge in [-0.2, -0.15) is 5.10 Å². The topological polar surface area (TPSA) is 58.2 Å². The molecule has 0 atom stereocenters. The average molecular weight is 382 g/mol. The summed E-state index contributed by atoms with van der Waals surface area (Å²) in [6.07, 6.45) is 3.44. The van der Waals surface area contributed by atoms with E-state index in [4.69, 9.17) is 4.74 Å². The predicted molar refractivity (Wildman–Crippen MR) is 108 cm³/mol. The maximum atomic E-state index is 13.0. The molecule has 0 spiro atoms. The lowest BCUT2D eigenvalue weighted by Gasteiger charge is -2.22. The highest BCUT2D eigenvalue weighted by Gasteiger charge is 2.23. The molecule has 6 heteroatoms. The molecule has 3 aromatic rings. The van der Waals surface area contributed by atoms with Crippen molar-refractivity contribution < 1.29 is 9.53 Å². The monoisotopic (exact) mass is 381 g/mol. The third kappa shape index (κ3) is 3.76. The van der Waals surface area contributed by atoms with Crippen LogP contribution in [0.2, 0.25) is 0 Å². The molecule has 0 saturated heterocycles. The number of aryl methyl sites for hydroxylation is 4. The molecular formula is C21H23N3O2S. The minimum Gasteiger partial charge on any atom is -0.484 e. The van der Waals surface area contributed by atoms with Crippen LogP contribution in [0.4, 0.5) is 5.69 Å². The Balaban J connectivity index is 1.52. The molecule has 1 amide bonds. The lowest BCUT2D eigenvalue weighted by Crippen LogP contribution is -2.35. The maximum Gasteiger partial charge on any atom is 0.265 e. The first kappa shape index (κ1) is 17.8. The van der Waals surface area contributed by atoms with Gasteiger partial charge in [0, 0.05) is 4.88 Å². The molecule has 2 aromatic heterocycles. The van der Waals surface area contributed by atoms with Gasteiger partial charge in [0.2, 0.25) is 0 Å². The van der Waals surface area contributed by atoms with Gasteiger partial charge in [-0.3, -0.25) is 9.89 Å². The van der Waals surface area contributed by atoms with Gasteiger partial charge in [0.15, 0.2) is 6.61 Å². The summed E-state index contributed by atoms with van der Waals surface area (Å²) in [5, 5.41) is 9.24. The van der Waals surface area contributed by atoms with E-state index in [2.05, 4.69) is 22.3 Å². The molecule has 4 rings (SSSR count). The van der Waals surface area contributed by atoms with E-state index in [0.717, 1.165) is 40.5 Å². The van der Waals surface area contributed by atoms with Crippen LogP contribution in [0.1, 0.15) is 33.8 Å². The molecule has 0 saturated carbocycles. The first-order chi connectivity index (χ1) is 13.1. The van der Waals surface area contributed by atoms with Crippen molar-refractivity contribution in [2.75, 3.05) is 11.5 Å². The van der Waals surface area contributed by atoms with Crippen molar-refractivity contribution >= 4 is 22.9 Å². The summed E-state index contributed by atoms with van der Waals surface area (Å²) in [4.78, 5) is 15.9. The summed E-state index contributed by atoms with van der Waals surface area (Å²) < 4.78 is 5.85. The summed E-state index contributed by atoms with van der Waals surface area (Å²) in [5.74, 6) is 0.692. The van der Waals surface area contributed by atoms with E-state index in [0.29, 0.717) is 6.54 Å². The van der Waals surface area contributed by atoms with Crippen LogP contribution in [-0.4, -0.2) is 22.7 Å². The second kappa shape index (κ2) is 7.56. The van der Waals surface area contributed by atoms with Gasteiger partial charge < -0.3 is 9.64 Å². The van der Waals surface area contributed by atoms with Gasteiger partial charge in [-0.1, -0.05) is 12.1 Å². The number of amides is 1. The second-order valence-corrected chi connectivity index (χ2v) is 7.95. The number of rotatable bonds is 6. The molecule has 1 N–H and O–H groups in total. The summed E-state index contributed by atoms with van der Waals surface area (Å²) in [7, 11) is 0. The largest absolute Gasteiger partial charge is 0.484 e. The van der Waals surface area contributed by atoms with Gasteiger partial charge in [0.25, 0.3) is 5.91 Å². The van der Waals surface area contributed by atoms with E-state index in [-0.39, 0.29) is 12.5 Å². The number of thiophene rings is 1. The number of carbonyl (C=O) groups excluding carboxylic acids is 1. The van der Waals surface area contributed by atoms with Gasteiger partial charge in [0.05, 0.1) is 23.6 Å². The van der Waals surface area contributed by atoms with Crippen LogP contribution in [0.15, 0.2) is 35.7 Å². The molecule has 0 fully saturated rings. The van der Waals surface area contributed by atoms with Gasteiger partial charge in [0.1, 0.15) is 5.75 Å². The number of nitrogens with zero attached hydrogens (tertiary/aromatic N) is 2. The fourth-order valence-corrected chi connectivity index (χ4v) is 4.35. The number of aromatic amines is 1. The summed E-state index contributed by atoms with van der Waals surface area (Å²) in [6.45, 7) is 4.37. The van der Waals surface area contributed by atoms with E-state index in [9.17, 15) is 4.79 Å². The zero-order valence-corrected chi connectivity index (χ0v) is 16.4. The number of nitrogens with one attached hydrogen (secondary N) is 1. The van der Waals surface area contributed by atoms with Gasteiger partial charge in [-0.25, -0.2) is 0 Å². The Hall–Kier alpha value is -2.60. The maximum absolute atomic E-state index is 13.0. The van der Waals surface area contributed by atoms with Crippen LogP contribution in [0, 0.1) is 13.8 Å². The molecule has 5 nitrogen and oxygen atoms in total. The molecule has 0 bridgehead atoms. The van der Waals surface area contributed by atoms with Crippen LogP contribution in [0.3, 0.4) is 0 Å². The van der Waals surface area contributed by atoms with Crippen LogP contribution >= 0.6 is 11.3 Å². The highest BCUT2D eigenvalue weighted by atomic mass is 32.1. The molecule has 27 heavy (non-hydrogen) atoms. The molecule has 2 heterocycles. The van der Waals surface area contributed by atoms with Crippen molar-refractivity contribution in [1.82, 2.24) is 10.2 Å². The minimum absolute atomic E-state index is 0.00816. The number of aromatic nitrogens is 2. The van der Waals surface area contributed by atoms with Crippen molar-refractivity contribution in [1.29, 1.82) is 0 Å². The Morgan fingerprint density at radius 1 is 1.26 bits per heavy atom. The molecule has 0 radical (unpaired) electrons. The fourth-order valence-electron chi connectivity index (χ4n) is 3.65. The highest BCUT2D eigenvalue weighted by Crippen LogP contribution is 2.28. The van der Waals surface area contributed by atoms with E-state index in [1.165, 1.54) is 17.5 Å². The third-order valence-corrected chi connectivity index (χ3v) is 5.85. The number of H-pyrrole nitrogens is 1. The molecular weight excluding hydrogens is 358 g/mol. The van der Waals surface area contributed by atoms with E-state index in [1.54, 1.807) is 16.2 Å². The normalized spacial score (nSPS) is 12.8. The van der Waals surface area contributed by atoms with Crippen molar-refractivity contribution in [3.05, 3.63) is 63.1 Å². The third-order valence-electron chi connectivity index (χ3n) is 4.99. The Morgan fingerprint density at radius 2 is 2.11 bits per heavy atom. The van der Waals surface area contributed by atoms with Gasteiger partial charge >= 0.3 is 0 Å². The van der Waals surface area contributed by atoms with E-state index < -0.39 is 0 Å². The Labute approximate surface area is 163 Å². The number of carbonyl (C=O) groups is 1. The van der Waals surface area contributed by atoms with Gasteiger partial charge in [-0.15, -0.1) is 11.3 Å². The molecule has 1 aliphatic carbocycles. The summed E-state index contributed by atoms with van der Waals surface area (Å²) in [5.41, 5.74) is 5.28. The zero-order valence-electron chi connectivity index (χ0n) is 15.6. The van der Waals surface area contributed by atoms with Crippen molar-refractivity contribution in [2.45, 2.75) is 39.7 Å². The molecule has 1 aromatic carbocycles. The average Bonchev–Trinajstić information content (AvgIpc) is 3.40. The number of hydrogen-bond acceptors (Lipinski definition) is 4. The zero-order chi connectivity index (χ0) is 18.8. The standard InChI is InChI=1S/C21H23N3O2S/c1-14-21(15(2)23-22-14)24(12-19-7-4-10-27-19)20(25)13-26-18-9-8-16-5-3-6-17(16)11-18/h4,7-11H,3,5-6,12-13H2,1-2H3,(H,22,23). The van der Waals surface area contributed by atoms with Crippen LogP contribution < -0.4 is 9.64 Å². The van der Waals surface area contributed by atoms with Crippen molar-refractivity contribution in [2.24, 2.45) is 0 Å². The van der Waals surface area contributed by atoms with Crippen LogP contribution in [0.5, 0.6) is 5.75 Å². The quantitative estimate of drug-likeness (QED) is 0.696. The van der Waals surface area contributed by atoms with E-state index in [1.807, 2.05) is 37.4 Å².